The van der Waals surface area contributed by atoms with E-state index in [0.717, 1.165) is 25.2 Å². The minimum Gasteiger partial charge on any atom is -0.367 e. The van der Waals surface area contributed by atoms with Crippen LogP contribution >= 0.6 is 0 Å². The van der Waals surface area contributed by atoms with Crippen LogP contribution in [0.3, 0.4) is 0 Å². The molecule has 0 bridgehead atoms. The van der Waals surface area contributed by atoms with E-state index in [1.165, 1.54) is 19.9 Å². The summed E-state index contributed by atoms with van der Waals surface area (Å²) in [6.07, 6.45) is -4.59. The maximum Gasteiger partial charge on any atom is 0.416 e. The van der Waals surface area contributed by atoms with E-state index in [9.17, 15) is 21.6 Å². The SMILES string of the molecule is Cc1noc(C)c1S(=O)(=O)Nc1cc(C(F)(F)F)ccc1N1CCN(C)CC1. The van der Waals surface area contributed by atoms with Gasteiger partial charge in [-0.3, -0.25) is 4.72 Å². The third-order valence-electron chi connectivity index (χ3n) is 4.65. The number of benzene rings is 1. The maximum atomic E-state index is 13.2. The lowest BCUT2D eigenvalue weighted by Crippen LogP contribution is -2.44. The number of nitrogens with one attached hydrogen (secondary N) is 1. The standard InChI is InChI=1S/C17H21F3N4O3S/c1-11-16(12(2)27-21-11)28(25,26)22-14-10-13(17(18,19)20)4-5-15(14)24-8-6-23(3)7-9-24/h4-5,10,22H,6-9H2,1-3H3. The number of sulfonamides is 1. The van der Waals surface area contributed by atoms with Crippen molar-refractivity contribution in [3.63, 3.8) is 0 Å². The number of aromatic nitrogens is 1. The highest BCUT2D eigenvalue weighted by atomic mass is 32.2. The molecule has 0 unspecified atom stereocenters. The lowest BCUT2D eigenvalue weighted by Gasteiger charge is -2.35. The van der Waals surface area contributed by atoms with Gasteiger partial charge in [0.1, 0.15) is 5.69 Å². The number of piperazine rings is 1. The molecule has 1 aliphatic heterocycles. The van der Waals surface area contributed by atoms with E-state index in [0.29, 0.717) is 18.8 Å². The highest BCUT2D eigenvalue weighted by molar-refractivity contribution is 7.92. The third kappa shape index (κ3) is 4.09. The Balaban J connectivity index is 2.04. The Morgan fingerprint density at radius 1 is 1.14 bits per heavy atom. The van der Waals surface area contributed by atoms with Crippen molar-refractivity contribution >= 4 is 21.4 Å². The van der Waals surface area contributed by atoms with Gasteiger partial charge in [-0.2, -0.15) is 13.2 Å². The summed E-state index contributed by atoms with van der Waals surface area (Å²) in [7, 11) is -2.23. The number of alkyl halides is 3. The summed E-state index contributed by atoms with van der Waals surface area (Å²) in [5, 5.41) is 3.61. The Labute approximate surface area is 161 Å². The van der Waals surface area contributed by atoms with Gasteiger partial charge in [0.25, 0.3) is 10.0 Å². The lowest BCUT2D eigenvalue weighted by atomic mass is 10.1. The van der Waals surface area contributed by atoms with Crippen LogP contribution in [0.1, 0.15) is 17.0 Å². The molecule has 0 saturated carbocycles. The number of aryl methyl sites for hydroxylation is 2. The van der Waals surface area contributed by atoms with Crippen LogP contribution < -0.4 is 9.62 Å². The molecule has 28 heavy (non-hydrogen) atoms. The Morgan fingerprint density at radius 2 is 1.79 bits per heavy atom. The van der Waals surface area contributed by atoms with E-state index < -0.39 is 21.8 Å². The summed E-state index contributed by atoms with van der Waals surface area (Å²) in [6, 6.07) is 3.09. The predicted octanol–water partition coefficient (Wildman–Crippen LogP) is 2.86. The van der Waals surface area contributed by atoms with E-state index in [1.54, 1.807) is 0 Å². The predicted molar refractivity (Wildman–Crippen MR) is 97.9 cm³/mol. The first-order valence-electron chi connectivity index (χ1n) is 8.59. The summed E-state index contributed by atoms with van der Waals surface area (Å²) in [4.78, 5) is 3.79. The molecule has 2 aromatic rings. The molecule has 0 amide bonds. The first-order chi connectivity index (χ1) is 13.0. The Hall–Kier alpha value is -2.27. The van der Waals surface area contributed by atoms with Crippen LogP contribution in [-0.4, -0.2) is 51.7 Å². The minimum atomic E-state index is -4.59. The van der Waals surface area contributed by atoms with Crippen LogP contribution in [0, 0.1) is 13.8 Å². The molecular formula is C17H21F3N4O3S. The molecule has 1 aliphatic rings. The number of nitrogens with zero attached hydrogens (tertiary/aromatic N) is 3. The molecule has 0 radical (unpaired) electrons. The Kier molecular flexibility index (Phi) is 5.32. The van der Waals surface area contributed by atoms with Gasteiger partial charge < -0.3 is 14.3 Å². The molecule has 1 fully saturated rings. The van der Waals surface area contributed by atoms with Gasteiger partial charge in [0.2, 0.25) is 0 Å². The number of anilines is 2. The van der Waals surface area contributed by atoms with Gasteiger partial charge in [-0.15, -0.1) is 0 Å². The van der Waals surface area contributed by atoms with Crippen LogP contribution in [0.4, 0.5) is 24.5 Å². The average molecular weight is 418 g/mol. The summed E-state index contributed by atoms with van der Waals surface area (Å²) >= 11 is 0. The fourth-order valence-corrected chi connectivity index (χ4v) is 4.57. The zero-order valence-corrected chi connectivity index (χ0v) is 16.5. The Morgan fingerprint density at radius 3 is 2.32 bits per heavy atom. The second-order valence-electron chi connectivity index (χ2n) is 6.78. The number of hydrogen-bond acceptors (Lipinski definition) is 6. The van der Waals surface area contributed by atoms with Gasteiger partial charge in [-0.1, -0.05) is 5.16 Å². The summed E-state index contributed by atoms with van der Waals surface area (Å²) < 4.78 is 72.5. The zero-order chi connectivity index (χ0) is 20.7. The molecule has 11 heteroatoms. The minimum absolute atomic E-state index is 0.0677. The fraction of sp³-hybridized carbons (Fsp3) is 0.471. The number of hydrogen-bond donors (Lipinski definition) is 1. The maximum absolute atomic E-state index is 13.2. The van der Waals surface area contributed by atoms with E-state index >= 15 is 0 Å². The monoisotopic (exact) mass is 418 g/mol. The van der Waals surface area contributed by atoms with Crippen LogP contribution in [-0.2, 0) is 16.2 Å². The molecule has 0 spiro atoms. The Bertz CT molecular complexity index is 945. The van der Waals surface area contributed by atoms with Crippen molar-refractivity contribution in [3.8, 4) is 0 Å². The zero-order valence-electron chi connectivity index (χ0n) is 15.7. The van der Waals surface area contributed by atoms with Crippen molar-refractivity contribution in [2.45, 2.75) is 24.9 Å². The van der Waals surface area contributed by atoms with E-state index in [4.69, 9.17) is 4.52 Å². The molecule has 1 aromatic heterocycles. The molecular weight excluding hydrogens is 397 g/mol. The average Bonchev–Trinajstić information content (AvgIpc) is 2.94. The van der Waals surface area contributed by atoms with Gasteiger partial charge in [0.05, 0.1) is 16.9 Å². The van der Waals surface area contributed by atoms with Crippen molar-refractivity contribution in [1.82, 2.24) is 10.1 Å². The van der Waals surface area contributed by atoms with Crippen molar-refractivity contribution < 1.29 is 26.1 Å². The molecule has 3 rings (SSSR count). The largest absolute Gasteiger partial charge is 0.416 e. The third-order valence-corrected chi connectivity index (χ3v) is 6.26. The van der Waals surface area contributed by atoms with Gasteiger partial charge in [0, 0.05) is 26.2 Å². The molecule has 1 saturated heterocycles. The number of likely N-dealkylation sites (N-methyl/N-ethyl adjacent to an activating group) is 1. The fourth-order valence-electron chi connectivity index (χ4n) is 3.17. The van der Waals surface area contributed by atoms with Crippen molar-refractivity contribution in [2.75, 3.05) is 42.8 Å². The molecule has 1 aromatic carbocycles. The molecule has 7 nitrogen and oxygen atoms in total. The lowest BCUT2D eigenvalue weighted by molar-refractivity contribution is -0.137. The quantitative estimate of drug-likeness (QED) is 0.823. The topological polar surface area (TPSA) is 78.7 Å². The highest BCUT2D eigenvalue weighted by Crippen LogP contribution is 2.37. The molecule has 154 valence electrons. The first kappa shape index (κ1) is 20.5. The number of rotatable bonds is 4. The van der Waals surface area contributed by atoms with E-state index in [-0.39, 0.29) is 22.0 Å². The summed E-state index contributed by atoms with van der Waals surface area (Å²) in [5.41, 5.74) is -0.518. The van der Waals surface area contributed by atoms with Gasteiger partial charge in [-0.25, -0.2) is 8.42 Å². The van der Waals surface area contributed by atoms with Crippen LogP contribution in [0.15, 0.2) is 27.6 Å². The van der Waals surface area contributed by atoms with Crippen LogP contribution in [0.25, 0.3) is 0 Å². The van der Waals surface area contributed by atoms with Gasteiger partial charge in [-0.05, 0) is 39.1 Å². The van der Waals surface area contributed by atoms with Crippen molar-refractivity contribution in [1.29, 1.82) is 0 Å². The normalized spacial score (nSPS) is 16.4. The highest BCUT2D eigenvalue weighted by Gasteiger charge is 2.33. The van der Waals surface area contributed by atoms with E-state index in [2.05, 4.69) is 14.8 Å². The first-order valence-corrected chi connectivity index (χ1v) is 10.1. The second kappa shape index (κ2) is 7.28. The second-order valence-corrected chi connectivity index (χ2v) is 8.40. The van der Waals surface area contributed by atoms with Gasteiger partial charge in [0.15, 0.2) is 10.7 Å². The number of halogens is 3. The van der Waals surface area contributed by atoms with Crippen molar-refractivity contribution in [3.05, 3.63) is 35.2 Å². The summed E-state index contributed by atoms with van der Waals surface area (Å²) in [6.45, 7) is 5.47. The van der Waals surface area contributed by atoms with Crippen LogP contribution in [0.2, 0.25) is 0 Å². The summed E-state index contributed by atoms with van der Waals surface area (Å²) in [5.74, 6) is 0.0677. The molecule has 2 heterocycles. The smallest absolute Gasteiger partial charge is 0.367 e. The molecule has 0 aliphatic carbocycles. The van der Waals surface area contributed by atoms with E-state index in [1.807, 2.05) is 11.9 Å². The molecule has 0 atom stereocenters. The molecule has 1 N–H and O–H groups in total. The van der Waals surface area contributed by atoms with Crippen molar-refractivity contribution in [2.24, 2.45) is 0 Å². The van der Waals surface area contributed by atoms with Gasteiger partial charge >= 0.3 is 6.18 Å². The van der Waals surface area contributed by atoms with Crippen LogP contribution in [0.5, 0.6) is 0 Å².